The molecule has 70 valence electrons. The highest BCUT2D eigenvalue weighted by Crippen LogP contribution is 2.34. The molecule has 0 amide bonds. The van der Waals surface area contributed by atoms with E-state index >= 15 is 0 Å². The first-order chi connectivity index (χ1) is 5.70. The Morgan fingerprint density at radius 3 is 2.58 bits per heavy atom. The van der Waals surface area contributed by atoms with Crippen LogP contribution >= 0.6 is 22.9 Å². The highest BCUT2D eigenvalue weighted by atomic mass is 127. The molecule has 0 radical (unpaired) electrons. The standard InChI is InChI=1S/C8H14INO2/c1-7-6-11-8(12-7)2-4-10(9)5-3-8/h7H,2-6H2,1H3/t7-/m0/s1. The molecule has 2 saturated heterocycles. The van der Waals surface area contributed by atoms with E-state index < -0.39 is 0 Å². The van der Waals surface area contributed by atoms with Gasteiger partial charge in [-0.15, -0.1) is 0 Å². The highest BCUT2D eigenvalue weighted by Gasteiger charge is 2.42. The molecule has 0 saturated carbocycles. The molecule has 0 N–H and O–H groups in total. The minimum Gasteiger partial charge on any atom is -0.347 e. The van der Waals surface area contributed by atoms with E-state index in [1.54, 1.807) is 0 Å². The predicted octanol–water partition coefficient (Wildman–Crippen LogP) is 1.56. The zero-order chi connectivity index (χ0) is 8.60. The summed E-state index contributed by atoms with van der Waals surface area (Å²) in [6, 6.07) is 0. The lowest BCUT2D eigenvalue weighted by atomic mass is 10.1. The van der Waals surface area contributed by atoms with Gasteiger partial charge in [-0.1, -0.05) is 0 Å². The Morgan fingerprint density at radius 2 is 2.08 bits per heavy atom. The number of rotatable bonds is 0. The molecule has 0 aromatic heterocycles. The van der Waals surface area contributed by atoms with Gasteiger partial charge in [-0.25, -0.2) is 3.11 Å². The van der Waals surface area contributed by atoms with Gasteiger partial charge in [0.2, 0.25) is 0 Å². The van der Waals surface area contributed by atoms with Gasteiger partial charge in [0, 0.05) is 48.8 Å². The minimum absolute atomic E-state index is 0.221. The molecule has 12 heavy (non-hydrogen) atoms. The van der Waals surface area contributed by atoms with Crippen LogP contribution in [0.2, 0.25) is 0 Å². The lowest BCUT2D eigenvalue weighted by Crippen LogP contribution is -2.41. The summed E-state index contributed by atoms with van der Waals surface area (Å²) in [7, 11) is 0. The highest BCUT2D eigenvalue weighted by molar-refractivity contribution is 14.1. The van der Waals surface area contributed by atoms with Crippen LogP contribution < -0.4 is 0 Å². The zero-order valence-corrected chi connectivity index (χ0v) is 9.41. The fraction of sp³-hybridized carbons (Fsp3) is 1.00. The number of halogens is 1. The minimum atomic E-state index is -0.221. The van der Waals surface area contributed by atoms with E-state index in [1.165, 1.54) is 0 Å². The molecule has 0 bridgehead atoms. The maximum atomic E-state index is 5.79. The molecule has 2 fully saturated rings. The van der Waals surface area contributed by atoms with Crippen molar-refractivity contribution in [3.05, 3.63) is 0 Å². The summed E-state index contributed by atoms with van der Waals surface area (Å²) >= 11 is 2.35. The van der Waals surface area contributed by atoms with Crippen molar-refractivity contribution in [3.8, 4) is 0 Å². The van der Waals surface area contributed by atoms with Gasteiger partial charge in [-0.2, -0.15) is 0 Å². The number of hydrogen-bond acceptors (Lipinski definition) is 3. The van der Waals surface area contributed by atoms with Gasteiger partial charge in [-0.3, -0.25) is 0 Å². The maximum absolute atomic E-state index is 5.79. The Kier molecular flexibility index (Phi) is 2.60. The second-order valence-corrected chi connectivity index (χ2v) is 4.92. The van der Waals surface area contributed by atoms with Crippen molar-refractivity contribution < 1.29 is 9.47 Å². The van der Waals surface area contributed by atoms with Crippen LogP contribution in [0.25, 0.3) is 0 Å². The van der Waals surface area contributed by atoms with Gasteiger partial charge in [0.25, 0.3) is 0 Å². The fourth-order valence-corrected chi connectivity index (χ4v) is 2.27. The van der Waals surface area contributed by atoms with E-state index in [-0.39, 0.29) is 11.9 Å². The normalized spacial score (nSPS) is 36.0. The summed E-state index contributed by atoms with van der Waals surface area (Å²) in [4.78, 5) is 0. The molecule has 4 heteroatoms. The number of piperidine rings is 1. The summed E-state index contributed by atoms with van der Waals surface area (Å²) in [5.41, 5.74) is 0. The molecule has 2 aliphatic rings. The number of ether oxygens (including phenoxy) is 2. The van der Waals surface area contributed by atoms with E-state index in [4.69, 9.17) is 9.47 Å². The van der Waals surface area contributed by atoms with Gasteiger partial charge in [0.05, 0.1) is 12.7 Å². The third-order valence-corrected chi connectivity index (χ3v) is 3.43. The van der Waals surface area contributed by atoms with Crippen LogP contribution in [0.4, 0.5) is 0 Å². The lowest BCUT2D eigenvalue weighted by molar-refractivity contribution is -0.186. The SMILES string of the molecule is C[C@H]1COC2(CCN(I)CC2)O1. The topological polar surface area (TPSA) is 21.7 Å². The van der Waals surface area contributed by atoms with Gasteiger partial charge < -0.3 is 9.47 Å². The van der Waals surface area contributed by atoms with Gasteiger partial charge in [0.15, 0.2) is 5.79 Å². The molecule has 0 aliphatic carbocycles. The van der Waals surface area contributed by atoms with E-state index in [0.717, 1.165) is 32.5 Å². The van der Waals surface area contributed by atoms with Crippen molar-refractivity contribution in [2.24, 2.45) is 0 Å². The Labute approximate surface area is 86.9 Å². The van der Waals surface area contributed by atoms with Crippen LogP contribution in [-0.4, -0.2) is 34.7 Å². The monoisotopic (exact) mass is 283 g/mol. The summed E-state index contributed by atoms with van der Waals surface area (Å²) in [5.74, 6) is -0.221. The third kappa shape index (κ3) is 1.76. The van der Waals surface area contributed by atoms with Gasteiger partial charge >= 0.3 is 0 Å². The quantitative estimate of drug-likeness (QED) is 0.497. The lowest BCUT2D eigenvalue weighted by Gasteiger charge is -2.35. The van der Waals surface area contributed by atoms with Crippen LogP contribution in [-0.2, 0) is 9.47 Å². The molecule has 2 rings (SSSR count). The second kappa shape index (κ2) is 3.40. The Bertz CT molecular complexity index is 168. The summed E-state index contributed by atoms with van der Waals surface area (Å²) < 4.78 is 13.8. The van der Waals surface area contributed by atoms with Crippen LogP contribution in [0.3, 0.4) is 0 Å². The largest absolute Gasteiger partial charge is 0.347 e. The summed E-state index contributed by atoms with van der Waals surface area (Å²) in [6.07, 6.45) is 2.31. The number of nitrogens with zero attached hydrogens (tertiary/aromatic N) is 1. The van der Waals surface area contributed by atoms with E-state index in [2.05, 4.69) is 32.9 Å². The molecular weight excluding hydrogens is 269 g/mol. The molecule has 0 aromatic carbocycles. The smallest absolute Gasteiger partial charge is 0.171 e. The number of hydrogen-bond donors (Lipinski definition) is 0. The molecule has 2 aliphatic heterocycles. The van der Waals surface area contributed by atoms with E-state index in [1.807, 2.05) is 0 Å². The maximum Gasteiger partial charge on any atom is 0.171 e. The first-order valence-corrected chi connectivity index (χ1v) is 5.39. The molecule has 2 heterocycles. The second-order valence-electron chi connectivity index (χ2n) is 3.56. The van der Waals surface area contributed by atoms with Crippen LogP contribution in [0.5, 0.6) is 0 Å². The molecule has 1 spiro atoms. The van der Waals surface area contributed by atoms with E-state index in [0.29, 0.717) is 0 Å². The summed E-state index contributed by atoms with van der Waals surface area (Å²) in [6.45, 7) is 4.99. The first kappa shape index (κ1) is 9.18. The average molecular weight is 283 g/mol. The van der Waals surface area contributed by atoms with Crippen molar-refractivity contribution in [1.82, 2.24) is 3.11 Å². The van der Waals surface area contributed by atoms with Crippen molar-refractivity contribution in [2.45, 2.75) is 31.7 Å². The molecular formula is C8H14INO2. The van der Waals surface area contributed by atoms with Crippen molar-refractivity contribution in [2.75, 3.05) is 19.7 Å². The third-order valence-electron chi connectivity index (χ3n) is 2.47. The molecule has 1 atom stereocenters. The van der Waals surface area contributed by atoms with E-state index in [9.17, 15) is 0 Å². The first-order valence-electron chi connectivity index (χ1n) is 4.43. The van der Waals surface area contributed by atoms with Crippen molar-refractivity contribution in [1.29, 1.82) is 0 Å². The van der Waals surface area contributed by atoms with Crippen molar-refractivity contribution in [3.63, 3.8) is 0 Å². The fourth-order valence-electron chi connectivity index (χ4n) is 1.79. The Balaban J connectivity index is 1.95. The molecule has 3 nitrogen and oxygen atoms in total. The zero-order valence-electron chi connectivity index (χ0n) is 7.25. The van der Waals surface area contributed by atoms with Crippen LogP contribution in [0.1, 0.15) is 19.8 Å². The van der Waals surface area contributed by atoms with Gasteiger partial charge in [0.1, 0.15) is 0 Å². The Morgan fingerprint density at radius 1 is 1.42 bits per heavy atom. The molecule has 0 unspecified atom stereocenters. The van der Waals surface area contributed by atoms with Crippen molar-refractivity contribution >= 4 is 22.9 Å². The molecule has 0 aromatic rings. The average Bonchev–Trinajstić information content (AvgIpc) is 2.40. The summed E-state index contributed by atoms with van der Waals surface area (Å²) in [5, 5.41) is 0. The van der Waals surface area contributed by atoms with Crippen LogP contribution in [0.15, 0.2) is 0 Å². The Hall–Kier alpha value is 0.610. The van der Waals surface area contributed by atoms with Gasteiger partial charge in [-0.05, 0) is 6.92 Å². The predicted molar refractivity (Wildman–Crippen MR) is 54.1 cm³/mol. The van der Waals surface area contributed by atoms with Crippen LogP contribution in [0, 0.1) is 0 Å².